The van der Waals surface area contributed by atoms with E-state index in [9.17, 15) is 19.5 Å². The molecule has 2 atom stereocenters. The normalized spacial score (nSPS) is 14.8. The summed E-state index contributed by atoms with van der Waals surface area (Å²) in [7, 11) is 0. The van der Waals surface area contributed by atoms with E-state index in [1.807, 2.05) is 56.3 Å². The number of halogens is 1. The Morgan fingerprint density at radius 3 is 2.60 bits per heavy atom. The number of hydrogen-bond acceptors (Lipinski definition) is 7. The van der Waals surface area contributed by atoms with Crippen LogP contribution in [0.25, 0.3) is 28.0 Å². The van der Waals surface area contributed by atoms with E-state index in [2.05, 4.69) is 36.3 Å². The molecule has 254 valence electrons. The maximum Gasteiger partial charge on any atom is 0.333 e. The number of nitrogens with one attached hydrogen (secondary N) is 1. The van der Waals surface area contributed by atoms with Gasteiger partial charge in [-0.05, 0) is 74.4 Å². The maximum absolute atomic E-state index is 14.4. The molecule has 1 aliphatic heterocycles. The summed E-state index contributed by atoms with van der Waals surface area (Å²) in [6, 6.07) is 19.8. The molecule has 6 aromatic rings. The van der Waals surface area contributed by atoms with E-state index in [4.69, 9.17) is 0 Å². The monoisotopic (exact) mass is 734 g/mol. The number of carbonyl (C=O) groups is 2. The molecule has 13 heteroatoms. The van der Waals surface area contributed by atoms with E-state index in [-0.39, 0.29) is 43.0 Å². The standard InChI is InChI=1S/C37H35BrN8O4/c1-22-15-25(9-11-30(22)38)36(49)44-21-32-33(35(48)41-17-26-7-4-5-8-29(26)34-39-13-6-14-40-34)46(37(50)45(32)18-23(44)2)28-10-12-31-27(16-28)20-43(42-31)19-24(3)47/h4-16,20,23-24,47H,17-19,21H2,1-3H3,(H,41,48)/t23-,24+/m1/s1. The molecule has 7 rings (SSSR count). The second-order valence-electron chi connectivity index (χ2n) is 12.6. The number of hydrogen-bond donors (Lipinski definition) is 2. The van der Waals surface area contributed by atoms with Gasteiger partial charge in [0.05, 0.1) is 36.1 Å². The molecule has 50 heavy (non-hydrogen) atoms. The fourth-order valence-electron chi connectivity index (χ4n) is 6.46. The van der Waals surface area contributed by atoms with Crippen LogP contribution in [-0.4, -0.2) is 62.8 Å². The van der Waals surface area contributed by atoms with Gasteiger partial charge in [0.15, 0.2) is 5.82 Å². The number of amides is 2. The van der Waals surface area contributed by atoms with Gasteiger partial charge in [-0.3, -0.25) is 23.4 Å². The van der Waals surface area contributed by atoms with Gasteiger partial charge in [0.2, 0.25) is 0 Å². The first-order chi connectivity index (χ1) is 24.1. The lowest BCUT2D eigenvalue weighted by molar-refractivity contribution is 0.0610. The SMILES string of the molecule is Cc1cc(C(=O)N2Cc3c(C(=O)NCc4ccccc4-c4ncccn4)n(-c4ccc5nn(C[C@H](C)O)cc5c4)c(=O)n3C[C@H]2C)ccc1Br. The second kappa shape index (κ2) is 13.5. The third-order valence-electron chi connectivity index (χ3n) is 8.93. The predicted octanol–water partition coefficient (Wildman–Crippen LogP) is 4.87. The lowest BCUT2D eigenvalue weighted by Gasteiger charge is -2.34. The molecule has 0 saturated carbocycles. The van der Waals surface area contributed by atoms with Gasteiger partial charge < -0.3 is 15.3 Å². The van der Waals surface area contributed by atoms with Crippen LogP contribution in [-0.2, 0) is 26.2 Å². The first-order valence-corrected chi connectivity index (χ1v) is 17.1. The first kappa shape index (κ1) is 33.1. The summed E-state index contributed by atoms with van der Waals surface area (Å²) >= 11 is 3.51. The van der Waals surface area contributed by atoms with Crippen molar-refractivity contribution in [3.05, 3.63) is 128 Å². The van der Waals surface area contributed by atoms with Crippen LogP contribution in [0, 0.1) is 6.92 Å². The van der Waals surface area contributed by atoms with Crippen molar-refractivity contribution in [1.82, 2.24) is 39.1 Å². The van der Waals surface area contributed by atoms with E-state index in [0.29, 0.717) is 34.8 Å². The molecule has 12 nitrogen and oxygen atoms in total. The molecular formula is C37H35BrN8O4. The first-order valence-electron chi connectivity index (χ1n) is 16.3. The summed E-state index contributed by atoms with van der Waals surface area (Å²) in [4.78, 5) is 53.1. The van der Waals surface area contributed by atoms with Crippen LogP contribution in [0.1, 0.15) is 51.5 Å². The molecule has 1 aliphatic rings. The molecule has 0 aliphatic carbocycles. The van der Waals surface area contributed by atoms with Gasteiger partial charge in [0.25, 0.3) is 11.8 Å². The molecule has 3 aromatic heterocycles. The van der Waals surface area contributed by atoms with E-state index in [0.717, 1.165) is 26.5 Å². The molecule has 3 aromatic carbocycles. The zero-order chi connectivity index (χ0) is 35.1. The van der Waals surface area contributed by atoms with Crippen LogP contribution in [0.2, 0.25) is 0 Å². The van der Waals surface area contributed by atoms with Gasteiger partial charge >= 0.3 is 5.69 Å². The third-order valence-corrected chi connectivity index (χ3v) is 9.82. The highest BCUT2D eigenvalue weighted by atomic mass is 79.9. The predicted molar refractivity (Wildman–Crippen MR) is 192 cm³/mol. The fourth-order valence-corrected chi connectivity index (χ4v) is 6.71. The number of imidazole rings is 1. The molecule has 0 radical (unpaired) electrons. The number of aryl methyl sites for hydroxylation is 1. The minimum absolute atomic E-state index is 0.0586. The Kier molecular flexibility index (Phi) is 8.93. The molecule has 0 spiro atoms. The van der Waals surface area contributed by atoms with Crippen molar-refractivity contribution in [1.29, 1.82) is 0 Å². The van der Waals surface area contributed by atoms with Crippen molar-refractivity contribution in [3.8, 4) is 17.1 Å². The lowest BCUT2D eigenvalue weighted by atomic mass is 10.1. The van der Waals surface area contributed by atoms with Gasteiger partial charge in [-0.1, -0.05) is 40.2 Å². The van der Waals surface area contributed by atoms with Crippen molar-refractivity contribution in [2.75, 3.05) is 0 Å². The Morgan fingerprint density at radius 2 is 1.84 bits per heavy atom. The largest absolute Gasteiger partial charge is 0.391 e. The Labute approximate surface area is 296 Å². The van der Waals surface area contributed by atoms with Gasteiger partial charge in [-0.25, -0.2) is 14.8 Å². The van der Waals surface area contributed by atoms with Crippen molar-refractivity contribution in [2.24, 2.45) is 0 Å². The number of aromatic nitrogens is 6. The minimum atomic E-state index is -0.590. The zero-order valence-corrected chi connectivity index (χ0v) is 29.3. The number of aliphatic hydroxyl groups is 1. The highest BCUT2D eigenvalue weighted by molar-refractivity contribution is 9.10. The average Bonchev–Trinajstić information content (AvgIpc) is 3.64. The Morgan fingerprint density at radius 1 is 1.06 bits per heavy atom. The number of carbonyl (C=O) groups excluding carboxylic acids is 2. The fraction of sp³-hybridized carbons (Fsp3) is 0.243. The highest BCUT2D eigenvalue weighted by Gasteiger charge is 2.35. The Balaban J connectivity index is 1.30. The molecule has 0 fully saturated rings. The molecule has 0 bridgehead atoms. The second-order valence-corrected chi connectivity index (χ2v) is 13.5. The number of rotatable bonds is 8. The molecule has 0 unspecified atom stereocenters. The summed E-state index contributed by atoms with van der Waals surface area (Å²) in [6.45, 7) is 6.25. The topological polar surface area (TPSA) is 140 Å². The Bertz CT molecular complexity index is 2310. The molecule has 2 N–H and O–H groups in total. The average molecular weight is 736 g/mol. The highest BCUT2D eigenvalue weighted by Crippen LogP contribution is 2.27. The van der Waals surface area contributed by atoms with Gasteiger partial charge in [0, 0.05) is 58.7 Å². The maximum atomic E-state index is 14.4. The number of fused-ring (bicyclic) bond motifs is 2. The van der Waals surface area contributed by atoms with Crippen LogP contribution in [0.4, 0.5) is 0 Å². The van der Waals surface area contributed by atoms with Gasteiger partial charge in [-0.15, -0.1) is 0 Å². The van der Waals surface area contributed by atoms with E-state index in [1.54, 1.807) is 63.9 Å². The summed E-state index contributed by atoms with van der Waals surface area (Å²) < 4.78 is 5.58. The van der Waals surface area contributed by atoms with Crippen LogP contribution in [0.15, 0.2) is 94.6 Å². The van der Waals surface area contributed by atoms with Gasteiger partial charge in [-0.2, -0.15) is 5.10 Å². The lowest BCUT2D eigenvalue weighted by Crippen LogP contribution is -2.47. The summed E-state index contributed by atoms with van der Waals surface area (Å²) in [5, 5.41) is 18.2. The molecule has 4 heterocycles. The minimum Gasteiger partial charge on any atom is -0.391 e. The summed E-state index contributed by atoms with van der Waals surface area (Å²) in [5.74, 6) is -0.119. The number of benzene rings is 3. The van der Waals surface area contributed by atoms with Crippen LogP contribution in [0.5, 0.6) is 0 Å². The molecule has 2 amide bonds. The number of aliphatic hydroxyl groups excluding tert-OH is 1. The van der Waals surface area contributed by atoms with E-state index in [1.165, 1.54) is 4.57 Å². The molecule has 0 saturated heterocycles. The quantitative estimate of drug-likeness (QED) is 0.227. The number of nitrogens with zero attached hydrogens (tertiary/aromatic N) is 7. The van der Waals surface area contributed by atoms with Crippen molar-refractivity contribution in [3.63, 3.8) is 0 Å². The van der Waals surface area contributed by atoms with Crippen LogP contribution >= 0.6 is 15.9 Å². The van der Waals surface area contributed by atoms with E-state index >= 15 is 0 Å². The smallest absolute Gasteiger partial charge is 0.333 e. The van der Waals surface area contributed by atoms with Crippen molar-refractivity contribution in [2.45, 2.75) is 59.1 Å². The summed E-state index contributed by atoms with van der Waals surface area (Å²) in [5.41, 5.74) is 4.42. The Hall–Kier alpha value is -5.40. The van der Waals surface area contributed by atoms with Crippen molar-refractivity contribution < 1.29 is 14.7 Å². The third kappa shape index (κ3) is 6.25. The summed E-state index contributed by atoms with van der Waals surface area (Å²) in [6.07, 6.45) is 4.54. The van der Waals surface area contributed by atoms with Crippen LogP contribution in [0.3, 0.4) is 0 Å². The zero-order valence-electron chi connectivity index (χ0n) is 27.7. The van der Waals surface area contributed by atoms with Gasteiger partial charge in [0.1, 0.15) is 5.69 Å². The van der Waals surface area contributed by atoms with Crippen molar-refractivity contribution >= 4 is 38.6 Å². The van der Waals surface area contributed by atoms with E-state index < -0.39 is 12.0 Å². The van der Waals surface area contributed by atoms with Crippen LogP contribution < -0.4 is 11.0 Å². The molecular weight excluding hydrogens is 700 g/mol.